The van der Waals surface area contributed by atoms with Crippen molar-refractivity contribution >= 4 is 25.5 Å². The van der Waals surface area contributed by atoms with Crippen molar-refractivity contribution in [3.63, 3.8) is 0 Å². The maximum Gasteiger partial charge on any atom is 0.260 e. The molecule has 0 bridgehead atoms. The maximum atomic E-state index is 11.3. The lowest BCUT2D eigenvalue weighted by molar-refractivity contribution is -0.121. The quantitative estimate of drug-likeness (QED) is 0.739. The molecule has 2 N–H and O–H groups in total. The monoisotopic (exact) mass is 249 g/mol. The van der Waals surface area contributed by atoms with Gasteiger partial charge in [-0.1, -0.05) is 19.1 Å². The Morgan fingerprint density at radius 3 is 2.47 bits per heavy atom. The molecule has 0 fully saturated rings. The van der Waals surface area contributed by atoms with E-state index in [1.165, 1.54) is 25.2 Å². The van der Waals surface area contributed by atoms with E-state index in [1.807, 2.05) is 0 Å². The summed E-state index contributed by atoms with van der Waals surface area (Å²) in [6, 6.07) is 0. The van der Waals surface area contributed by atoms with Crippen molar-refractivity contribution in [3.05, 3.63) is 23.1 Å². The Balaban J connectivity index is 3.15. The number of carbonyl (C=O) groups is 1. The number of carbonyl (C=O) groups excluding carboxylic acids is 1. The predicted octanol–water partition coefficient (Wildman–Crippen LogP) is 0.931. The van der Waals surface area contributed by atoms with Crippen LogP contribution in [-0.2, 0) is 13.8 Å². The molecule has 0 saturated heterocycles. The van der Waals surface area contributed by atoms with Crippen LogP contribution >= 0.6 is 10.7 Å². The summed E-state index contributed by atoms with van der Waals surface area (Å²) in [4.78, 5) is 11.3. The number of halogens is 1. The van der Waals surface area contributed by atoms with Crippen LogP contribution in [-0.4, -0.2) is 19.7 Å². The van der Waals surface area contributed by atoms with E-state index in [0.717, 1.165) is 0 Å². The molecule has 2 atom stereocenters. The van der Waals surface area contributed by atoms with E-state index in [9.17, 15) is 13.2 Å². The molecule has 0 aromatic carbocycles. The topological polar surface area (TPSA) is 77.2 Å². The smallest absolute Gasteiger partial charge is 0.260 e. The molecule has 15 heavy (non-hydrogen) atoms. The van der Waals surface area contributed by atoms with Crippen molar-refractivity contribution in [1.82, 2.24) is 0 Å². The molecule has 6 heteroatoms. The number of ketones is 1. The molecular formula is C9H12ClNO3S. The lowest BCUT2D eigenvalue weighted by Crippen LogP contribution is -2.51. The summed E-state index contributed by atoms with van der Waals surface area (Å²) in [5, 5.41) is 0. The van der Waals surface area contributed by atoms with Gasteiger partial charge in [0.1, 0.15) is 0 Å². The van der Waals surface area contributed by atoms with Crippen molar-refractivity contribution < 1.29 is 13.2 Å². The minimum absolute atomic E-state index is 0.0148. The molecule has 4 nitrogen and oxygen atoms in total. The lowest BCUT2D eigenvalue weighted by Gasteiger charge is -2.30. The van der Waals surface area contributed by atoms with Crippen molar-refractivity contribution in [1.29, 1.82) is 0 Å². The van der Waals surface area contributed by atoms with Gasteiger partial charge in [-0.05, 0) is 13.0 Å². The van der Waals surface area contributed by atoms with E-state index in [0.29, 0.717) is 0 Å². The summed E-state index contributed by atoms with van der Waals surface area (Å²) in [5.41, 5.74) is 4.70. The molecule has 0 amide bonds. The second kappa shape index (κ2) is 3.73. The van der Waals surface area contributed by atoms with E-state index in [-0.39, 0.29) is 10.7 Å². The first-order valence-electron chi connectivity index (χ1n) is 4.33. The van der Waals surface area contributed by atoms with Gasteiger partial charge in [-0.15, -0.1) is 0 Å². The van der Waals surface area contributed by atoms with Gasteiger partial charge in [-0.25, -0.2) is 8.42 Å². The van der Waals surface area contributed by atoms with Gasteiger partial charge in [0.15, 0.2) is 5.78 Å². The number of hydrogen-bond donors (Lipinski definition) is 1. The van der Waals surface area contributed by atoms with Crippen LogP contribution in [0, 0.1) is 5.92 Å². The first kappa shape index (κ1) is 12.4. The zero-order valence-corrected chi connectivity index (χ0v) is 9.97. The van der Waals surface area contributed by atoms with Crippen LogP contribution in [0.1, 0.15) is 13.8 Å². The highest BCUT2D eigenvalue weighted by Gasteiger charge is 2.36. The van der Waals surface area contributed by atoms with Crippen LogP contribution in [0.4, 0.5) is 0 Å². The van der Waals surface area contributed by atoms with Gasteiger partial charge in [0.05, 0.1) is 10.4 Å². The van der Waals surface area contributed by atoms with Crippen molar-refractivity contribution in [2.45, 2.75) is 19.4 Å². The van der Waals surface area contributed by atoms with Crippen LogP contribution < -0.4 is 5.73 Å². The van der Waals surface area contributed by atoms with E-state index in [2.05, 4.69) is 0 Å². The second-order valence-corrected chi connectivity index (χ2v) is 6.18. The van der Waals surface area contributed by atoms with Gasteiger partial charge in [-0.3, -0.25) is 4.79 Å². The molecule has 0 aromatic heterocycles. The normalized spacial score (nSPS) is 31.2. The third kappa shape index (κ3) is 2.30. The number of Topliss-reactive ketones (excluding diaryl/α,β-unsaturated/α-hetero) is 1. The summed E-state index contributed by atoms with van der Waals surface area (Å²) in [6.07, 6.45) is 4.04. The fourth-order valence-electron chi connectivity index (χ4n) is 1.41. The maximum absolute atomic E-state index is 11.3. The lowest BCUT2D eigenvalue weighted by atomic mass is 9.80. The first-order chi connectivity index (χ1) is 6.68. The van der Waals surface area contributed by atoms with Crippen LogP contribution in [0.2, 0.25) is 0 Å². The van der Waals surface area contributed by atoms with Gasteiger partial charge in [-0.2, -0.15) is 0 Å². The molecule has 1 aliphatic rings. The predicted molar refractivity (Wildman–Crippen MR) is 58.8 cm³/mol. The number of rotatable bonds is 2. The van der Waals surface area contributed by atoms with Crippen molar-refractivity contribution in [2.24, 2.45) is 11.7 Å². The van der Waals surface area contributed by atoms with Crippen LogP contribution in [0.25, 0.3) is 0 Å². The molecule has 1 aliphatic carbocycles. The van der Waals surface area contributed by atoms with Crippen molar-refractivity contribution in [3.8, 4) is 0 Å². The fraction of sp³-hybridized carbons (Fsp3) is 0.444. The molecule has 0 aliphatic heterocycles. The SMILES string of the molecule is CC(=O)C1(N)C=CC(S(=O)(=O)Cl)=CC1C. The van der Waals surface area contributed by atoms with Crippen molar-refractivity contribution in [2.75, 3.05) is 0 Å². The summed E-state index contributed by atoms with van der Waals surface area (Å²) >= 11 is 0. The Hall–Kier alpha value is -0.650. The molecule has 0 aromatic rings. The number of hydrogen-bond acceptors (Lipinski definition) is 4. The molecular weight excluding hydrogens is 238 g/mol. The Labute approximate surface area is 93.2 Å². The van der Waals surface area contributed by atoms with Crippen LogP contribution in [0.5, 0.6) is 0 Å². The first-order valence-corrected chi connectivity index (χ1v) is 6.64. The van der Waals surface area contributed by atoms with Gasteiger partial charge < -0.3 is 5.73 Å². The molecule has 84 valence electrons. The third-order valence-corrected chi connectivity index (χ3v) is 3.95. The minimum Gasteiger partial charge on any atom is -0.315 e. The molecule has 2 unspecified atom stereocenters. The average Bonchev–Trinajstić information content (AvgIpc) is 2.07. The zero-order valence-electron chi connectivity index (χ0n) is 8.40. The second-order valence-electron chi connectivity index (χ2n) is 3.62. The zero-order chi connectivity index (χ0) is 11.9. The van der Waals surface area contributed by atoms with Crippen LogP contribution in [0.15, 0.2) is 23.1 Å². The van der Waals surface area contributed by atoms with Crippen LogP contribution in [0.3, 0.4) is 0 Å². The van der Waals surface area contributed by atoms with E-state index < -0.39 is 20.5 Å². The Kier molecular flexibility index (Phi) is 3.09. The minimum atomic E-state index is -3.76. The third-order valence-electron chi connectivity index (χ3n) is 2.58. The molecule has 0 heterocycles. The highest BCUT2D eigenvalue weighted by molar-refractivity contribution is 8.17. The van der Waals surface area contributed by atoms with Gasteiger partial charge in [0.2, 0.25) is 0 Å². The summed E-state index contributed by atoms with van der Waals surface area (Å²) in [5.74, 6) is -0.614. The molecule has 1 rings (SSSR count). The molecule has 0 spiro atoms. The standard InChI is InChI=1S/C9H12ClNO3S/c1-6-5-8(15(10,13)14)3-4-9(6,11)7(2)12/h3-6H,11H2,1-2H3. The van der Waals surface area contributed by atoms with E-state index in [4.69, 9.17) is 16.4 Å². The Bertz CT molecular complexity index is 452. The molecule has 0 saturated carbocycles. The summed E-state index contributed by atoms with van der Waals surface area (Å²) in [7, 11) is 1.42. The Morgan fingerprint density at radius 1 is 1.60 bits per heavy atom. The van der Waals surface area contributed by atoms with Gasteiger partial charge in [0, 0.05) is 16.6 Å². The molecule has 0 radical (unpaired) electrons. The Morgan fingerprint density at radius 2 is 2.13 bits per heavy atom. The number of allylic oxidation sites excluding steroid dienone is 1. The van der Waals surface area contributed by atoms with E-state index in [1.54, 1.807) is 6.92 Å². The van der Waals surface area contributed by atoms with Gasteiger partial charge >= 0.3 is 0 Å². The highest BCUT2D eigenvalue weighted by atomic mass is 35.7. The number of nitrogens with two attached hydrogens (primary N) is 1. The summed E-state index contributed by atoms with van der Waals surface area (Å²) < 4.78 is 22.1. The average molecular weight is 250 g/mol. The summed E-state index contributed by atoms with van der Waals surface area (Å²) in [6.45, 7) is 3.04. The fourth-order valence-corrected chi connectivity index (χ4v) is 2.32. The van der Waals surface area contributed by atoms with E-state index >= 15 is 0 Å². The highest BCUT2D eigenvalue weighted by Crippen LogP contribution is 2.29. The largest absolute Gasteiger partial charge is 0.315 e. The van der Waals surface area contributed by atoms with Gasteiger partial charge in [0.25, 0.3) is 9.05 Å².